The average Bonchev–Trinajstić information content (AvgIpc) is 3.22. The van der Waals surface area contributed by atoms with E-state index >= 15 is 0 Å². The van der Waals surface area contributed by atoms with Crippen molar-refractivity contribution in [1.29, 1.82) is 0 Å². The minimum Gasteiger partial charge on any atom is -0.466 e. The van der Waals surface area contributed by atoms with E-state index in [-0.39, 0.29) is 23.5 Å². The van der Waals surface area contributed by atoms with Crippen LogP contribution in [0.3, 0.4) is 0 Å². The normalized spacial score (nSPS) is 11.6. The Morgan fingerprint density at radius 1 is 0.508 bits per heavy atom. The summed E-state index contributed by atoms with van der Waals surface area (Å²) in [6, 6.07) is 0. The van der Waals surface area contributed by atoms with E-state index in [0.717, 1.165) is 129 Å². The van der Waals surface area contributed by atoms with Crippen molar-refractivity contribution in [2.75, 3.05) is 57.1 Å². The second-order valence-electron chi connectivity index (χ2n) is 17.7. The fourth-order valence-corrected chi connectivity index (χ4v) is 7.95. The lowest BCUT2D eigenvalue weighted by atomic mass is 10.0. The molecule has 9 heteroatoms. The van der Waals surface area contributed by atoms with Crippen molar-refractivity contribution < 1.29 is 19.1 Å². The van der Waals surface area contributed by atoms with E-state index in [9.17, 15) is 19.2 Å². The second kappa shape index (κ2) is 38.5. The van der Waals surface area contributed by atoms with Gasteiger partial charge in [-0.25, -0.2) is 0 Å². The molecule has 0 aliphatic rings. The van der Waals surface area contributed by atoms with Crippen LogP contribution in [0.25, 0.3) is 0 Å². The van der Waals surface area contributed by atoms with Gasteiger partial charge in [-0.3, -0.25) is 19.2 Å². The van der Waals surface area contributed by atoms with Gasteiger partial charge in [0, 0.05) is 32.5 Å². The van der Waals surface area contributed by atoms with Crippen molar-refractivity contribution in [3.8, 4) is 0 Å². The Balaban J connectivity index is 2.51. The highest BCUT2D eigenvalue weighted by Gasteiger charge is 2.25. The van der Waals surface area contributed by atoms with Crippen molar-refractivity contribution in [1.82, 2.24) is 4.90 Å². The van der Waals surface area contributed by atoms with E-state index in [0.29, 0.717) is 37.4 Å². The number of hydrogen-bond donors (Lipinski definition) is 1. The molecule has 9 nitrogen and oxygen atoms in total. The molecule has 0 radical (unpaired) electrons. The number of anilines is 2. The molecular formula is C50H93N3O6. The first kappa shape index (κ1) is 54.6. The molecule has 0 aromatic heterocycles. The molecule has 59 heavy (non-hydrogen) atoms. The molecule has 1 rings (SSSR count). The number of carbonyl (C=O) groups is 2. The minimum atomic E-state index is -0.397. The Kier molecular flexibility index (Phi) is 35.6. The molecular weight excluding hydrogens is 739 g/mol. The van der Waals surface area contributed by atoms with E-state index in [1.165, 1.54) is 89.9 Å². The molecule has 0 aliphatic carbocycles. The van der Waals surface area contributed by atoms with Crippen LogP contribution in [0.5, 0.6) is 0 Å². The Hall–Kier alpha value is -2.42. The Labute approximate surface area is 362 Å². The van der Waals surface area contributed by atoms with Crippen LogP contribution in [0, 0.1) is 0 Å². The van der Waals surface area contributed by atoms with E-state index in [4.69, 9.17) is 9.47 Å². The number of esters is 2. The quantitative estimate of drug-likeness (QED) is 0.0391. The number of ether oxygens (including phenoxy) is 2. The molecule has 0 fully saturated rings. The molecule has 0 unspecified atom stereocenters. The summed E-state index contributed by atoms with van der Waals surface area (Å²) in [6.45, 7) is 10.3. The third kappa shape index (κ3) is 29.5. The largest absolute Gasteiger partial charge is 0.466 e. The van der Waals surface area contributed by atoms with Crippen LogP contribution in [-0.4, -0.2) is 69.8 Å². The van der Waals surface area contributed by atoms with Crippen molar-refractivity contribution in [3.05, 3.63) is 20.4 Å². The highest BCUT2D eigenvalue weighted by atomic mass is 16.5. The second-order valence-corrected chi connectivity index (χ2v) is 17.7. The first-order valence-corrected chi connectivity index (χ1v) is 25.1. The lowest BCUT2D eigenvalue weighted by Crippen LogP contribution is -2.43. The molecule has 0 bridgehead atoms. The van der Waals surface area contributed by atoms with Crippen molar-refractivity contribution >= 4 is 23.3 Å². The van der Waals surface area contributed by atoms with Crippen LogP contribution >= 0.6 is 0 Å². The van der Waals surface area contributed by atoms with Gasteiger partial charge in [-0.15, -0.1) is 0 Å². The van der Waals surface area contributed by atoms with Gasteiger partial charge >= 0.3 is 11.9 Å². The van der Waals surface area contributed by atoms with E-state index < -0.39 is 5.43 Å². The Bertz CT molecular complexity index is 1200. The summed E-state index contributed by atoms with van der Waals surface area (Å²) >= 11 is 0. The SMILES string of the molecule is CCCCCCCCOC(=O)CCCCCCCN(CCCCCCCC(=O)OC(CCCCCCCC)CCCCCCCC)c1c(NCCCN(C)C)c(=O)c1=O. The number of hydrogen-bond acceptors (Lipinski definition) is 9. The molecule has 0 saturated heterocycles. The van der Waals surface area contributed by atoms with Crippen LogP contribution in [-0.2, 0) is 19.1 Å². The van der Waals surface area contributed by atoms with Crippen molar-refractivity contribution in [2.24, 2.45) is 0 Å². The van der Waals surface area contributed by atoms with Crippen LogP contribution in [0.2, 0.25) is 0 Å². The number of nitrogens with one attached hydrogen (secondary N) is 1. The summed E-state index contributed by atoms with van der Waals surface area (Å²) in [5, 5.41) is 3.28. The smallest absolute Gasteiger partial charge is 0.306 e. The first-order chi connectivity index (χ1) is 28.7. The highest BCUT2D eigenvalue weighted by Crippen LogP contribution is 2.23. The predicted octanol–water partition coefficient (Wildman–Crippen LogP) is 12.5. The van der Waals surface area contributed by atoms with Crippen LogP contribution in [0.4, 0.5) is 11.4 Å². The standard InChI is InChI=1S/C50H93N3O6/c1-6-9-12-15-20-27-35-44(36-28-21-16-13-10-7-2)59-46(55)38-30-23-19-25-32-42-53(48-47(49(56)50(48)57)51-39-34-40-52(4)5)41-31-24-18-22-29-37-45(54)58-43-33-26-17-14-11-8-3/h44,51H,6-43H2,1-5H3. The van der Waals surface area contributed by atoms with Gasteiger partial charge in [-0.2, -0.15) is 0 Å². The zero-order chi connectivity index (χ0) is 43.2. The molecule has 0 spiro atoms. The fraction of sp³-hybridized carbons (Fsp3) is 0.880. The maximum atomic E-state index is 12.9. The molecule has 344 valence electrons. The third-order valence-electron chi connectivity index (χ3n) is 11.7. The van der Waals surface area contributed by atoms with Gasteiger partial charge in [0.05, 0.1) is 6.61 Å². The Morgan fingerprint density at radius 2 is 0.949 bits per heavy atom. The predicted molar refractivity (Wildman–Crippen MR) is 251 cm³/mol. The van der Waals surface area contributed by atoms with Gasteiger partial charge < -0.3 is 24.6 Å². The third-order valence-corrected chi connectivity index (χ3v) is 11.7. The van der Waals surface area contributed by atoms with E-state index in [1.807, 2.05) is 14.1 Å². The molecule has 1 aromatic rings. The molecule has 1 aromatic carbocycles. The first-order valence-electron chi connectivity index (χ1n) is 25.1. The molecule has 0 heterocycles. The summed E-state index contributed by atoms with van der Waals surface area (Å²) in [5.74, 6) is -0.117. The van der Waals surface area contributed by atoms with Crippen LogP contribution in [0.1, 0.15) is 233 Å². The summed E-state index contributed by atoms with van der Waals surface area (Å²) in [5.41, 5.74) is 0.279. The van der Waals surface area contributed by atoms with E-state index in [2.05, 4.69) is 35.9 Å². The lowest BCUT2D eigenvalue weighted by molar-refractivity contribution is -0.150. The average molecular weight is 832 g/mol. The number of nitrogens with zero attached hydrogens (tertiary/aromatic N) is 2. The van der Waals surface area contributed by atoms with Gasteiger partial charge in [0.25, 0.3) is 10.9 Å². The maximum absolute atomic E-state index is 12.9. The van der Waals surface area contributed by atoms with Gasteiger partial charge in [0.15, 0.2) is 0 Å². The molecule has 1 N–H and O–H groups in total. The van der Waals surface area contributed by atoms with Crippen LogP contribution in [0.15, 0.2) is 9.59 Å². The topological polar surface area (TPSA) is 105 Å². The molecule has 0 saturated carbocycles. The number of rotatable bonds is 44. The lowest BCUT2D eigenvalue weighted by Gasteiger charge is -2.28. The van der Waals surface area contributed by atoms with Gasteiger partial charge in [-0.05, 0) is 84.8 Å². The number of unbranched alkanes of at least 4 members (excludes halogenated alkanes) is 23. The van der Waals surface area contributed by atoms with Gasteiger partial charge in [0.2, 0.25) is 0 Å². The maximum Gasteiger partial charge on any atom is 0.306 e. The minimum absolute atomic E-state index is 0.0349. The summed E-state index contributed by atoms with van der Waals surface area (Å²) < 4.78 is 11.5. The Morgan fingerprint density at radius 3 is 1.46 bits per heavy atom. The van der Waals surface area contributed by atoms with Gasteiger partial charge in [0.1, 0.15) is 17.5 Å². The van der Waals surface area contributed by atoms with Crippen molar-refractivity contribution in [3.63, 3.8) is 0 Å². The zero-order valence-electron chi connectivity index (χ0n) is 39.3. The van der Waals surface area contributed by atoms with E-state index in [1.54, 1.807) is 0 Å². The van der Waals surface area contributed by atoms with Gasteiger partial charge in [-0.1, -0.05) is 156 Å². The monoisotopic (exact) mass is 832 g/mol. The molecule has 0 amide bonds. The summed E-state index contributed by atoms with van der Waals surface area (Å²) in [6.07, 6.45) is 35.7. The zero-order valence-corrected chi connectivity index (χ0v) is 39.3. The summed E-state index contributed by atoms with van der Waals surface area (Å²) in [4.78, 5) is 54.8. The molecule has 0 atom stereocenters. The fourth-order valence-electron chi connectivity index (χ4n) is 7.95. The number of carbonyl (C=O) groups excluding carboxylic acids is 2. The van der Waals surface area contributed by atoms with Crippen LogP contribution < -0.4 is 21.1 Å². The molecule has 0 aliphatic heterocycles. The van der Waals surface area contributed by atoms with Crippen molar-refractivity contribution in [2.45, 2.75) is 239 Å². The highest BCUT2D eigenvalue weighted by molar-refractivity contribution is 5.75. The summed E-state index contributed by atoms with van der Waals surface area (Å²) in [7, 11) is 4.06.